The van der Waals surface area contributed by atoms with E-state index in [0.717, 1.165) is 0 Å². The van der Waals surface area contributed by atoms with Gasteiger partial charge in [0.1, 0.15) is 0 Å². The van der Waals surface area contributed by atoms with E-state index in [2.05, 4.69) is 15.6 Å². The Labute approximate surface area is 96.0 Å². The molecule has 92 valence electrons. The SMILES string of the molecule is CC(C)S(=O)(=O)CCNCCn1ccnn1. The van der Waals surface area contributed by atoms with E-state index in [4.69, 9.17) is 0 Å². The fourth-order valence-corrected chi connectivity index (χ4v) is 2.02. The highest BCUT2D eigenvalue weighted by atomic mass is 32.2. The lowest BCUT2D eigenvalue weighted by atomic mass is 10.6. The Morgan fingerprint density at radius 2 is 2.12 bits per heavy atom. The van der Waals surface area contributed by atoms with Crippen LogP contribution in [-0.2, 0) is 16.4 Å². The third-order valence-electron chi connectivity index (χ3n) is 2.27. The molecule has 0 amide bonds. The summed E-state index contributed by atoms with van der Waals surface area (Å²) in [6.07, 6.45) is 3.38. The minimum atomic E-state index is -2.93. The first-order valence-electron chi connectivity index (χ1n) is 5.29. The van der Waals surface area contributed by atoms with Crippen molar-refractivity contribution in [2.45, 2.75) is 25.6 Å². The van der Waals surface area contributed by atoms with Gasteiger partial charge in [0.2, 0.25) is 0 Å². The zero-order chi connectivity index (χ0) is 12.0. The maximum Gasteiger partial charge on any atom is 0.153 e. The highest BCUT2D eigenvalue weighted by Crippen LogP contribution is 1.98. The molecule has 1 heterocycles. The van der Waals surface area contributed by atoms with Crippen LogP contribution >= 0.6 is 0 Å². The third kappa shape index (κ3) is 4.28. The first-order chi connectivity index (χ1) is 7.52. The summed E-state index contributed by atoms with van der Waals surface area (Å²) in [7, 11) is -2.93. The summed E-state index contributed by atoms with van der Waals surface area (Å²) in [6.45, 7) is 5.27. The van der Waals surface area contributed by atoms with E-state index >= 15 is 0 Å². The maximum atomic E-state index is 11.5. The number of nitrogens with one attached hydrogen (secondary N) is 1. The first-order valence-corrected chi connectivity index (χ1v) is 7.00. The second-order valence-electron chi connectivity index (χ2n) is 3.83. The van der Waals surface area contributed by atoms with Gasteiger partial charge in [0.15, 0.2) is 9.84 Å². The Morgan fingerprint density at radius 3 is 2.69 bits per heavy atom. The molecular weight excluding hydrogens is 228 g/mol. The van der Waals surface area contributed by atoms with Crippen molar-refractivity contribution in [2.75, 3.05) is 18.8 Å². The lowest BCUT2D eigenvalue weighted by Gasteiger charge is -2.08. The summed E-state index contributed by atoms with van der Waals surface area (Å²) in [5.74, 6) is 0.183. The molecule has 7 heteroatoms. The van der Waals surface area contributed by atoms with Gasteiger partial charge in [0, 0.05) is 19.3 Å². The zero-order valence-electron chi connectivity index (χ0n) is 9.63. The summed E-state index contributed by atoms with van der Waals surface area (Å²) >= 11 is 0. The molecule has 0 bridgehead atoms. The molecule has 1 aromatic heterocycles. The average Bonchev–Trinajstić information content (AvgIpc) is 2.69. The number of rotatable bonds is 7. The summed E-state index contributed by atoms with van der Waals surface area (Å²) in [5.41, 5.74) is 0. The molecule has 0 saturated carbocycles. The van der Waals surface area contributed by atoms with Gasteiger partial charge in [-0.2, -0.15) is 0 Å². The van der Waals surface area contributed by atoms with Crippen LogP contribution in [-0.4, -0.2) is 47.5 Å². The normalized spacial score (nSPS) is 12.2. The predicted molar refractivity (Wildman–Crippen MR) is 61.8 cm³/mol. The van der Waals surface area contributed by atoms with Gasteiger partial charge in [-0.15, -0.1) is 5.10 Å². The molecule has 0 spiro atoms. The van der Waals surface area contributed by atoms with Crippen molar-refractivity contribution in [3.63, 3.8) is 0 Å². The average molecular weight is 246 g/mol. The highest BCUT2D eigenvalue weighted by Gasteiger charge is 2.14. The Morgan fingerprint density at radius 1 is 1.38 bits per heavy atom. The van der Waals surface area contributed by atoms with Gasteiger partial charge in [0.25, 0.3) is 0 Å². The molecule has 0 saturated heterocycles. The van der Waals surface area contributed by atoms with Gasteiger partial charge in [-0.3, -0.25) is 4.68 Å². The van der Waals surface area contributed by atoms with Crippen LogP contribution in [0.15, 0.2) is 12.4 Å². The molecule has 0 aromatic carbocycles. The lowest BCUT2D eigenvalue weighted by Crippen LogP contribution is -2.29. The second kappa shape index (κ2) is 5.95. The van der Waals surface area contributed by atoms with E-state index in [1.165, 1.54) is 0 Å². The fraction of sp³-hybridized carbons (Fsp3) is 0.778. The molecular formula is C9H18N4O2S. The molecule has 1 N–H and O–H groups in total. The van der Waals surface area contributed by atoms with Crippen molar-refractivity contribution in [2.24, 2.45) is 0 Å². The van der Waals surface area contributed by atoms with Crippen molar-refractivity contribution in [3.8, 4) is 0 Å². The molecule has 0 fully saturated rings. The Bertz CT molecular complexity index is 386. The lowest BCUT2D eigenvalue weighted by molar-refractivity contribution is 0.544. The van der Waals surface area contributed by atoms with Gasteiger partial charge < -0.3 is 5.32 Å². The van der Waals surface area contributed by atoms with Crippen LogP contribution in [0.2, 0.25) is 0 Å². The fourth-order valence-electron chi connectivity index (χ4n) is 1.12. The quantitative estimate of drug-likeness (QED) is 0.668. The number of sulfone groups is 1. The molecule has 1 aromatic rings. The second-order valence-corrected chi connectivity index (χ2v) is 6.51. The molecule has 0 aliphatic heterocycles. The maximum absolute atomic E-state index is 11.5. The molecule has 16 heavy (non-hydrogen) atoms. The number of aromatic nitrogens is 3. The molecule has 6 nitrogen and oxygen atoms in total. The van der Waals surface area contributed by atoms with Crippen molar-refractivity contribution in [3.05, 3.63) is 12.4 Å². The van der Waals surface area contributed by atoms with Crippen LogP contribution in [0.4, 0.5) is 0 Å². The standard InChI is InChI=1S/C9H18N4O2S/c1-9(2)16(14,15)8-5-10-3-6-13-7-4-11-12-13/h4,7,9-10H,3,5-6,8H2,1-2H3. The van der Waals surface area contributed by atoms with Crippen LogP contribution in [0.5, 0.6) is 0 Å². The molecule has 0 aliphatic rings. The van der Waals surface area contributed by atoms with Crippen LogP contribution in [0.25, 0.3) is 0 Å². The zero-order valence-corrected chi connectivity index (χ0v) is 10.4. The number of hydrogen-bond donors (Lipinski definition) is 1. The molecule has 0 atom stereocenters. The van der Waals surface area contributed by atoms with E-state index in [1.54, 1.807) is 30.9 Å². The van der Waals surface area contributed by atoms with Crippen molar-refractivity contribution in [1.82, 2.24) is 20.3 Å². The molecule has 0 unspecified atom stereocenters. The topological polar surface area (TPSA) is 76.9 Å². The van der Waals surface area contributed by atoms with E-state index in [-0.39, 0.29) is 11.0 Å². The summed E-state index contributed by atoms with van der Waals surface area (Å²) in [4.78, 5) is 0. The minimum absolute atomic E-state index is 0.183. The van der Waals surface area contributed by atoms with Crippen LogP contribution in [0, 0.1) is 0 Å². The molecule has 0 aliphatic carbocycles. The largest absolute Gasteiger partial charge is 0.314 e. The first kappa shape index (κ1) is 13.1. The van der Waals surface area contributed by atoms with E-state index < -0.39 is 9.84 Å². The van der Waals surface area contributed by atoms with Gasteiger partial charge in [-0.25, -0.2) is 8.42 Å². The van der Waals surface area contributed by atoms with Gasteiger partial charge in [-0.05, 0) is 13.8 Å². The van der Waals surface area contributed by atoms with Crippen molar-refractivity contribution < 1.29 is 8.42 Å². The van der Waals surface area contributed by atoms with E-state index in [9.17, 15) is 8.42 Å². The van der Waals surface area contributed by atoms with Gasteiger partial charge >= 0.3 is 0 Å². The smallest absolute Gasteiger partial charge is 0.153 e. The van der Waals surface area contributed by atoms with E-state index in [0.29, 0.717) is 19.6 Å². The highest BCUT2D eigenvalue weighted by molar-refractivity contribution is 7.92. The van der Waals surface area contributed by atoms with Crippen molar-refractivity contribution >= 4 is 9.84 Å². The van der Waals surface area contributed by atoms with Crippen molar-refractivity contribution in [1.29, 1.82) is 0 Å². The van der Waals surface area contributed by atoms with Crippen LogP contribution in [0.3, 0.4) is 0 Å². The Kier molecular flexibility index (Phi) is 4.88. The monoisotopic (exact) mass is 246 g/mol. The summed E-state index contributed by atoms with van der Waals surface area (Å²) in [6, 6.07) is 0. The van der Waals surface area contributed by atoms with Gasteiger partial charge in [-0.1, -0.05) is 5.21 Å². The van der Waals surface area contributed by atoms with E-state index in [1.807, 2.05) is 0 Å². The summed E-state index contributed by atoms with van der Waals surface area (Å²) in [5, 5.41) is 10.2. The van der Waals surface area contributed by atoms with Crippen LogP contribution < -0.4 is 5.32 Å². The third-order valence-corrected chi connectivity index (χ3v) is 4.48. The minimum Gasteiger partial charge on any atom is -0.314 e. The number of hydrogen-bond acceptors (Lipinski definition) is 5. The Balaban J connectivity index is 2.13. The van der Waals surface area contributed by atoms with Gasteiger partial charge in [0.05, 0.1) is 23.7 Å². The predicted octanol–water partition coefficient (Wildman–Crippen LogP) is -0.309. The number of nitrogens with zero attached hydrogens (tertiary/aromatic N) is 3. The van der Waals surface area contributed by atoms with Crippen LogP contribution in [0.1, 0.15) is 13.8 Å². The molecule has 1 rings (SSSR count). The Hall–Kier alpha value is -0.950. The summed E-state index contributed by atoms with van der Waals surface area (Å²) < 4.78 is 24.6. The molecule has 0 radical (unpaired) electrons.